The Bertz CT molecular complexity index is 885. The maximum atomic E-state index is 12.3. The monoisotopic (exact) mass is 393 g/mol. The van der Waals surface area contributed by atoms with Gasteiger partial charge in [0.2, 0.25) is 10.0 Å². The van der Waals surface area contributed by atoms with Crippen molar-refractivity contribution in [3.05, 3.63) is 58.6 Å². The lowest BCUT2D eigenvalue weighted by Gasteiger charge is -2.20. The molecule has 0 heterocycles. The van der Waals surface area contributed by atoms with Crippen LogP contribution in [0.4, 0.5) is 11.4 Å². The Hall–Kier alpha value is -2.65. The summed E-state index contributed by atoms with van der Waals surface area (Å²) >= 11 is 0. The van der Waals surface area contributed by atoms with Crippen molar-refractivity contribution in [2.45, 2.75) is 24.8 Å². The van der Waals surface area contributed by atoms with Crippen LogP contribution in [0.25, 0.3) is 0 Å². The van der Waals surface area contributed by atoms with Crippen molar-refractivity contribution in [3.63, 3.8) is 0 Å². The molecule has 0 aliphatic rings. The van der Waals surface area contributed by atoms with E-state index in [2.05, 4.69) is 4.72 Å². The summed E-state index contributed by atoms with van der Waals surface area (Å²) in [7, 11) is -2.12. The highest BCUT2D eigenvalue weighted by Gasteiger charge is 2.23. The molecule has 8 nitrogen and oxygen atoms in total. The quantitative estimate of drug-likeness (QED) is 0.519. The fourth-order valence-electron chi connectivity index (χ4n) is 2.46. The molecule has 1 N–H and O–H groups in total. The first-order valence-electron chi connectivity index (χ1n) is 8.40. The zero-order valence-corrected chi connectivity index (χ0v) is 16.3. The van der Waals surface area contributed by atoms with E-state index >= 15 is 0 Å². The highest BCUT2D eigenvalue weighted by molar-refractivity contribution is 7.89. The molecule has 2 rings (SSSR count). The van der Waals surface area contributed by atoms with Gasteiger partial charge in [0.15, 0.2) is 0 Å². The van der Waals surface area contributed by atoms with Gasteiger partial charge in [-0.1, -0.05) is 18.2 Å². The van der Waals surface area contributed by atoms with Gasteiger partial charge in [0, 0.05) is 19.2 Å². The molecule has 0 aliphatic carbocycles. The summed E-state index contributed by atoms with van der Waals surface area (Å²) in [6, 6.07) is 12.8. The van der Waals surface area contributed by atoms with Crippen LogP contribution in [0.3, 0.4) is 0 Å². The molecule has 0 bridgehead atoms. The van der Waals surface area contributed by atoms with Crippen LogP contribution in [0.2, 0.25) is 0 Å². The van der Waals surface area contributed by atoms with E-state index in [4.69, 9.17) is 4.74 Å². The SMILES string of the molecule is CC(C)NS(=O)(=O)c1ccc(N(C)CCOc2ccccc2)c([N+](=O)[O-])c1. The molecule has 0 aromatic heterocycles. The first kappa shape index (κ1) is 20.7. The third-order valence-electron chi connectivity index (χ3n) is 3.69. The van der Waals surface area contributed by atoms with Gasteiger partial charge in [0.1, 0.15) is 18.0 Å². The van der Waals surface area contributed by atoms with Crippen molar-refractivity contribution in [2.24, 2.45) is 0 Å². The van der Waals surface area contributed by atoms with Crippen LogP contribution >= 0.6 is 0 Å². The van der Waals surface area contributed by atoms with E-state index in [1.807, 2.05) is 30.3 Å². The summed E-state index contributed by atoms with van der Waals surface area (Å²) in [5.41, 5.74) is 0.0454. The second-order valence-electron chi connectivity index (χ2n) is 6.27. The third-order valence-corrected chi connectivity index (χ3v) is 5.35. The van der Waals surface area contributed by atoms with E-state index in [0.29, 0.717) is 24.6 Å². The lowest BCUT2D eigenvalue weighted by Crippen LogP contribution is -2.30. The zero-order valence-electron chi connectivity index (χ0n) is 15.5. The molecule has 9 heteroatoms. The molecule has 0 radical (unpaired) electrons. The average Bonchev–Trinajstić information content (AvgIpc) is 2.61. The number of nitro groups is 1. The summed E-state index contributed by atoms with van der Waals surface area (Å²) in [5, 5.41) is 11.5. The van der Waals surface area contributed by atoms with Crippen LogP contribution in [-0.4, -0.2) is 39.6 Å². The number of likely N-dealkylation sites (N-methyl/N-ethyl adjacent to an activating group) is 1. The largest absolute Gasteiger partial charge is 0.492 e. The molecule has 27 heavy (non-hydrogen) atoms. The molecule has 2 aromatic carbocycles. The minimum Gasteiger partial charge on any atom is -0.492 e. The van der Waals surface area contributed by atoms with Crippen molar-refractivity contribution in [3.8, 4) is 5.75 Å². The molecule has 0 amide bonds. The van der Waals surface area contributed by atoms with E-state index in [1.165, 1.54) is 12.1 Å². The van der Waals surface area contributed by atoms with Gasteiger partial charge in [-0.3, -0.25) is 10.1 Å². The predicted molar refractivity (Wildman–Crippen MR) is 104 cm³/mol. The Morgan fingerprint density at radius 2 is 1.85 bits per heavy atom. The molecule has 0 aliphatic heterocycles. The molecular formula is C18H23N3O5S. The van der Waals surface area contributed by atoms with Crippen molar-refractivity contribution in [1.29, 1.82) is 0 Å². The van der Waals surface area contributed by atoms with Crippen molar-refractivity contribution < 1.29 is 18.1 Å². The second kappa shape index (κ2) is 8.83. The second-order valence-corrected chi connectivity index (χ2v) is 7.98. The van der Waals surface area contributed by atoms with E-state index < -0.39 is 14.9 Å². The van der Waals surface area contributed by atoms with Crippen LogP contribution in [0, 0.1) is 10.1 Å². The summed E-state index contributed by atoms with van der Waals surface area (Å²) in [4.78, 5) is 12.4. The molecule has 146 valence electrons. The first-order chi connectivity index (χ1) is 12.7. The smallest absolute Gasteiger partial charge is 0.293 e. The molecule has 0 saturated carbocycles. The Morgan fingerprint density at radius 3 is 2.44 bits per heavy atom. The van der Waals surface area contributed by atoms with Gasteiger partial charge in [-0.25, -0.2) is 13.1 Å². The Balaban J connectivity index is 2.17. The fourth-order valence-corrected chi connectivity index (χ4v) is 3.73. The average molecular weight is 393 g/mol. The van der Waals surface area contributed by atoms with Gasteiger partial charge >= 0.3 is 0 Å². The van der Waals surface area contributed by atoms with Gasteiger partial charge in [0.25, 0.3) is 5.69 Å². The highest BCUT2D eigenvalue weighted by Crippen LogP contribution is 2.30. The summed E-state index contributed by atoms with van der Waals surface area (Å²) in [5.74, 6) is 0.710. The molecule has 0 unspecified atom stereocenters. The minimum atomic E-state index is -3.81. The lowest BCUT2D eigenvalue weighted by atomic mass is 10.2. The number of anilines is 1. The summed E-state index contributed by atoms with van der Waals surface area (Å²) in [6.07, 6.45) is 0. The zero-order chi connectivity index (χ0) is 20.0. The Labute approximate surface area is 159 Å². The topological polar surface area (TPSA) is 102 Å². The molecule has 2 aromatic rings. The maximum Gasteiger partial charge on any atom is 0.293 e. The van der Waals surface area contributed by atoms with Crippen LogP contribution < -0.4 is 14.4 Å². The number of nitro benzene ring substituents is 1. The Morgan fingerprint density at radius 1 is 1.19 bits per heavy atom. The van der Waals surface area contributed by atoms with Crippen LogP contribution in [-0.2, 0) is 10.0 Å². The number of para-hydroxylation sites is 1. The van der Waals surface area contributed by atoms with E-state index in [9.17, 15) is 18.5 Å². The Kier molecular flexibility index (Phi) is 6.75. The van der Waals surface area contributed by atoms with Gasteiger partial charge < -0.3 is 9.64 Å². The molecule has 0 saturated heterocycles. The summed E-state index contributed by atoms with van der Waals surface area (Å²) < 4.78 is 32.5. The standard InChI is InChI=1S/C18H23N3O5S/c1-14(2)19-27(24,25)16-9-10-17(18(13-16)21(22)23)20(3)11-12-26-15-7-5-4-6-8-15/h4-10,13-14,19H,11-12H2,1-3H3. The van der Waals surface area contributed by atoms with E-state index in [-0.39, 0.29) is 16.6 Å². The third kappa shape index (κ3) is 5.66. The normalized spacial score (nSPS) is 11.4. The first-order valence-corrected chi connectivity index (χ1v) is 9.89. The van der Waals surface area contributed by atoms with Crippen molar-refractivity contribution in [1.82, 2.24) is 4.72 Å². The minimum absolute atomic E-state index is 0.138. The fraction of sp³-hybridized carbons (Fsp3) is 0.333. The van der Waals surface area contributed by atoms with E-state index in [0.717, 1.165) is 6.07 Å². The molecule has 0 atom stereocenters. The van der Waals surface area contributed by atoms with Gasteiger partial charge in [-0.15, -0.1) is 0 Å². The number of nitrogens with zero attached hydrogens (tertiary/aromatic N) is 2. The molecule has 0 spiro atoms. The lowest BCUT2D eigenvalue weighted by molar-refractivity contribution is -0.384. The number of hydrogen-bond donors (Lipinski definition) is 1. The number of benzene rings is 2. The van der Waals surface area contributed by atoms with Crippen LogP contribution in [0.5, 0.6) is 5.75 Å². The number of hydrogen-bond acceptors (Lipinski definition) is 6. The van der Waals surface area contributed by atoms with Gasteiger partial charge in [-0.2, -0.15) is 0 Å². The number of rotatable bonds is 9. The van der Waals surface area contributed by atoms with Gasteiger partial charge in [-0.05, 0) is 38.1 Å². The maximum absolute atomic E-state index is 12.3. The molecular weight excluding hydrogens is 370 g/mol. The predicted octanol–water partition coefficient (Wildman–Crippen LogP) is 2.80. The summed E-state index contributed by atoms with van der Waals surface area (Å²) in [6.45, 7) is 4.08. The van der Waals surface area contributed by atoms with Gasteiger partial charge in [0.05, 0.1) is 16.4 Å². The van der Waals surface area contributed by atoms with Crippen molar-refractivity contribution >= 4 is 21.4 Å². The number of sulfonamides is 1. The number of nitrogens with one attached hydrogen (secondary N) is 1. The molecule has 0 fully saturated rings. The van der Waals surface area contributed by atoms with Crippen molar-refractivity contribution in [2.75, 3.05) is 25.1 Å². The van der Waals surface area contributed by atoms with E-state index in [1.54, 1.807) is 25.8 Å². The van der Waals surface area contributed by atoms with Crippen LogP contribution in [0.1, 0.15) is 13.8 Å². The number of ether oxygens (including phenoxy) is 1. The highest BCUT2D eigenvalue weighted by atomic mass is 32.2. The van der Waals surface area contributed by atoms with Crippen LogP contribution in [0.15, 0.2) is 53.4 Å².